The zero-order chi connectivity index (χ0) is 12.1. The number of amides is 1. The molecule has 17 heavy (non-hydrogen) atoms. The number of nitrogens with one attached hydrogen (secondary N) is 1. The van der Waals surface area contributed by atoms with Crippen LogP contribution in [0.15, 0.2) is 49.2 Å². The van der Waals surface area contributed by atoms with Crippen LogP contribution in [0.4, 0.5) is 0 Å². The molecule has 2 aromatic rings. The van der Waals surface area contributed by atoms with Gasteiger partial charge in [0.1, 0.15) is 0 Å². The first-order chi connectivity index (χ1) is 8.33. The Bertz CT molecular complexity index is 543. The number of rotatable bonds is 4. The van der Waals surface area contributed by atoms with Crippen LogP contribution in [0.3, 0.4) is 0 Å². The van der Waals surface area contributed by atoms with Gasteiger partial charge in [-0.15, -0.1) is 6.58 Å². The maximum Gasteiger partial charge on any atom is 0.253 e. The molecule has 0 aliphatic carbocycles. The van der Waals surface area contributed by atoms with E-state index in [0.717, 1.165) is 17.3 Å². The Labute approximate surface area is 100 Å². The first-order valence-electron chi connectivity index (χ1n) is 5.56. The summed E-state index contributed by atoms with van der Waals surface area (Å²) in [7, 11) is 0. The summed E-state index contributed by atoms with van der Waals surface area (Å²) in [6.07, 6.45) is 4.24. The number of fused-ring (bicyclic) bond motifs is 1. The minimum Gasteiger partial charge on any atom is -0.352 e. The van der Waals surface area contributed by atoms with Crippen molar-refractivity contribution >= 4 is 16.8 Å². The van der Waals surface area contributed by atoms with Gasteiger partial charge in [-0.2, -0.15) is 0 Å². The molecule has 0 bridgehead atoms. The van der Waals surface area contributed by atoms with E-state index in [0.29, 0.717) is 12.1 Å². The lowest BCUT2D eigenvalue weighted by Gasteiger charge is -2.06. The number of nitrogens with zero attached hydrogens (tertiary/aromatic N) is 1. The lowest BCUT2D eigenvalue weighted by Crippen LogP contribution is -2.24. The minimum absolute atomic E-state index is 0.0869. The van der Waals surface area contributed by atoms with E-state index in [9.17, 15) is 4.79 Å². The van der Waals surface area contributed by atoms with Gasteiger partial charge in [0.2, 0.25) is 0 Å². The number of hydrogen-bond donors (Lipinski definition) is 1. The van der Waals surface area contributed by atoms with Crippen LogP contribution in [-0.2, 0) is 0 Å². The Morgan fingerprint density at radius 3 is 3.00 bits per heavy atom. The third-order valence-electron chi connectivity index (χ3n) is 2.51. The van der Waals surface area contributed by atoms with Crippen molar-refractivity contribution in [2.45, 2.75) is 6.42 Å². The monoisotopic (exact) mass is 226 g/mol. The van der Waals surface area contributed by atoms with E-state index in [4.69, 9.17) is 0 Å². The lowest BCUT2D eigenvalue weighted by molar-refractivity contribution is 0.0956. The number of aromatic nitrogens is 1. The first-order valence-corrected chi connectivity index (χ1v) is 5.56. The number of carbonyl (C=O) groups excluding carboxylic acids is 1. The molecular weight excluding hydrogens is 212 g/mol. The van der Waals surface area contributed by atoms with Gasteiger partial charge in [0.25, 0.3) is 5.91 Å². The van der Waals surface area contributed by atoms with Crippen molar-refractivity contribution in [1.82, 2.24) is 10.3 Å². The van der Waals surface area contributed by atoms with Crippen LogP contribution < -0.4 is 5.32 Å². The topological polar surface area (TPSA) is 42.0 Å². The summed E-state index contributed by atoms with van der Waals surface area (Å²) in [5.74, 6) is -0.0869. The van der Waals surface area contributed by atoms with Crippen molar-refractivity contribution in [3.05, 3.63) is 54.7 Å². The van der Waals surface area contributed by atoms with Gasteiger partial charge >= 0.3 is 0 Å². The molecular formula is C14H14N2O. The number of para-hydroxylation sites is 1. The molecule has 1 aromatic heterocycles. The van der Waals surface area contributed by atoms with Gasteiger partial charge in [-0.3, -0.25) is 9.78 Å². The Balaban J connectivity index is 2.28. The van der Waals surface area contributed by atoms with E-state index in [2.05, 4.69) is 16.9 Å². The number of carbonyl (C=O) groups is 1. The fraction of sp³-hybridized carbons (Fsp3) is 0.143. The summed E-state index contributed by atoms with van der Waals surface area (Å²) in [6, 6.07) is 9.42. The molecule has 1 N–H and O–H groups in total. The lowest BCUT2D eigenvalue weighted by atomic mass is 10.1. The summed E-state index contributed by atoms with van der Waals surface area (Å²) in [4.78, 5) is 16.2. The minimum atomic E-state index is -0.0869. The van der Waals surface area contributed by atoms with Crippen LogP contribution in [0.2, 0.25) is 0 Å². The van der Waals surface area contributed by atoms with Crippen LogP contribution in [-0.4, -0.2) is 17.4 Å². The fourth-order valence-corrected chi connectivity index (χ4v) is 1.67. The predicted molar refractivity (Wildman–Crippen MR) is 68.9 cm³/mol. The molecule has 0 spiro atoms. The van der Waals surface area contributed by atoms with E-state index in [1.54, 1.807) is 18.3 Å². The summed E-state index contributed by atoms with van der Waals surface area (Å²) in [6.45, 7) is 4.22. The van der Waals surface area contributed by atoms with Gasteiger partial charge in [0.05, 0.1) is 11.1 Å². The molecule has 0 atom stereocenters. The molecule has 0 aliphatic heterocycles. The molecule has 1 amide bonds. The second-order valence-electron chi connectivity index (χ2n) is 3.71. The molecule has 1 heterocycles. The highest BCUT2D eigenvalue weighted by Gasteiger charge is 2.09. The molecule has 0 aliphatic rings. The number of benzene rings is 1. The Hall–Kier alpha value is -2.16. The van der Waals surface area contributed by atoms with E-state index in [1.807, 2.05) is 24.3 Å². The van der Waals surface area contributed by atoms with Crippen LogP contribution in [0.1, 0.15) is 16.8 Å². The van der Waals surface area contributed by atoms with Crippen LogP contribution >= 0.6 is 0 Å². The standard InChI is InChI=1S/C14H14N2O/c1-2-3-9-16-14(17)12-8-4-6-11-7-5-10-15-13(11)12/h2,4-8,10H,1,3,9H2,(H,16,17). The summed E-state index contributed by atoms with van der Waals surface area (Å²) in [5.41, 5.74) is 1.36. The molecule has 2 rings (SSSR count). The van der Waals surface area contributed by atoms with Gasteiger partial charge in [0, 0.05) is 18.1 Å². The predicted octanol–water partition coefficient (Wildman–Crippen LogP) is 2.54. The SMILES string of the molecule is C=CCCNC(=O)c1cccc2cccnc12. The van der Waals surface area contributed by atoms with Gasteiger partial charge in [-0.25, -0.2) is 0 Å². The number of pyridine rings is 1. The zero-order valence-electron chi connectivity index (χ0n) is 9.52. The van der Waals surface area contributed by atoms with Crippen molar-refractivity contribution < 1.29 is 4.79 Å². The average molecular weight is 226 g/mol. The van der Waals surface area contributed by atoms with Crippen LogP contribution in [0, 0.1) is 0 Å². The first kappa shape index (κ1) is 11.3. The van der Waals surface area contributed by atoms with Gasteiger partial charge in [-0.05, 0) is 18.6 Å². The third-order valence-corrected chi connectivity index (χ3v) is 2.51. The van der Waals surface area contributed by atoms with E-state index in [-0.39, 0.29) is 5.91 Å². The smallest absolute Gasteiger partial charge is 0.253 e. The van der Waals surface area contributed by atoms with Gasteiger partial charge in [-0.1, -0.05) is 24.3 Å². The molecule has 0 saturated heterocycles. The van der Waals surface area contributed by atoms with Crippen molar-refractivity contribution in [3.8, 4) is 0 Å². The maximum atomic E-state index is 11.9. The molecule has 86 valence electrons. The van der Waals surface area contributed by atoms with Crippen LogP contribution in [0.5, 0.6) is 0 Å². The van der Waals surface area contributed by atoms with Gasteiger partial charge in [0.15, 0.2) is 0 Å². The highest BCUT2D eigenvalue weighted by atomic mass is 16.1. The zero-order valence-corrected chi connectivity index (χ0v) is 9.52. The second-order valence-corrected chi connectivity index (χ2v) is 3.71. The molecule has 0 radical (unpaired) electrons. The fourth-order valence-electron chi connectivity index (χ4n) is 1.67. The average Bonchev–Trinajstić information content (AvgIpc) is 2.38. The normalized spacial score (nSPS) is 10.1. The quantitative estimate of drug-likeness (QED) is 0.643. The largest absolute Gasteiger partial charge is 0.352 e. The molecule has 0 fully saturated rings. The molecule has 0 saturated carbocycles. The van der Waals surface area contributed by atoms with Crippen molar-refractivity contribution in [2.75, 3.05) is 6.54 Å². The molecule has 1 aromatic carbocycles. The highest BCUT2D eigenvalue weighted by molar-refractivity contribution is 6.05. The second kappa shape index (κ2) is 5.25. The molecule has 3 heteroatoms. The third kappa shape index (κ3) is 2.50. The molecule has 0 unspecified atom stereocenters. The van der Waals surface area contributed by atoms with E-state index in [1.165, 1.54) is 0 Å². The Morgan fingerprint density at radius 2 is 2.18 bits per heavy atom. The van der Waals surface area contributed by atoms with Gasteiger partial charge < -0.3 is 5.32 Å². The maximum absolute atomic E-state index is 11.9. The Kier molecular flexibility index (Phi) is 3.50. The van der Waals surface area contributed by atoms with Crippen molar-refractivity contribution in [1.29, 1.82) is 0 Å². The highest BCUT2D eigenvalue weighted by Crippen LogP contribution is 2.15. The summed E-state index contributed by atoms with van der Waals surface area (Å²) < 4.78 is 0. The Morgan fingerprint density at radius 1 is 1.35 bits per heavy atom. The van der Waals surface area contributed by atoms with Crippen LogP contribution in [0.25, 0.3) is 10.9 Å². The van der Waals surface area contributed by atoms with Crippen molar-refractivity contribution in [3.63, 3.8) is 0 Å². The summed E-state index contributed by atoms with van der Waals surface area (Å²) >= 11 is 0. The molecule has 3 nitrogen and oxygen atoms in total. The van der Waals surface area contributed by atoms with Crippen molar-refractivity contribution in [2.24, 2.45) is 0 Å². The van der Waals surface area contributed by atoms with E-state index >= 15 is 0 Å². The van der Waals surface area contributed by atoms with E-state index < -0.39 is 0 Å². The number of hydrogen-bond acceptors (Lipinski definition) is 2. The summed E-state index contributed by atoms with van der Waals surface area (Å²) in [5, 5.41) is 3.82.